The van der Waals surface area contributed by atoms with Gasteiger partial charge in [-0.3, -0.25) is 0 Å². The molecule has 1 amide bonds. The van der Waals surface area contributed by atoms with Gasteiger partial charge in [0.25, 0.3) is 0 Å². The van der Waals surface area contributed by atoms with Crippen LogP contribution in [0.3, 0.4) is 0 Å². The fraction of sp³-hybridized carbons (Fsp3) is 0.333. The molecule has 6 rings (SSSR count). The average Bonchev–Trinajstić information content (AvgIpc) is 3.20. The first-order valence-electron chi connectivity index (χ1n) is 12.5. The summed E-state index contributed by atoms with van der Waals surface area (Å²) in [6.07, 6.45) is 2.46. The summed E-state index contributed by atoms with van der Waals surface area (Å²) in [7, 11) is 0. The Labute approximate surface area is 209 Å². The Kier molecular flexibility index (Phi) is 5.54. The second kappa shape index (κ2) is 8.76. The summed E-state index contributed by atoms with van der Waals surface area (Å²) in [4.78, 5) is 15.2. The summed E-state index contributed by atoms with van der Waals surface area (Å²) in [5, 5.41) is 20.8. The molecule has 0 aromatic heterocycles. The standard InChI is InChI=1S/C30H27FN2O3/c31-28-13-12-19(17-32)14-27(28)30(35)15-20-6-5-7-21(16-30)33(20)29(34)36-18-26-24-10-3-1-8-22(24)23-9-2-4-11-25(23)26/h1-4,8-14,20-21,26,35H,5-7,15-16,18H2. The number of hydrogen-bond acceptors (Lipinski definition) is 4. The van der Waals surface area contributed by atoms with Gasteiger partial charge in [0.2, 0.25) is 0 Å². The van der Waals surface area contributed by atoms with Crippen molar-refractivity contribution >= 4 is 6.09 Å². The van der Waals surface area contributed by atoms with E-state index in [0.29, 0.717) is 5.56 Å². The Hall–Kier alpha value is -3.69. The summed E-state index contributed by atoms with van der Waals surface area (Å²) >= 11 is 0. The average molecular weight is 483 g/mol. The van der Waals surface area contributed by atoms with Crippen LogP contribution in [0, 0.1) is 17.1 Å². The molecule has 2 aliphatic heterocycles. The number of carbonyl (C=O) groups is 1. The molecule has 3 aromatic carbocycles. The maximum atomic E-state index is 14.7. The largest absolute Gasteiger partial charge is 0.448 e. The van der Waals surface area contributed by atoms with Crippen molar-refractivity contribution in [1.82, 2.24) is 4.90 Å². The molecule has 1 N–H and O–H groups in total. The Morgan fingerprint density at radius 2 is 1.64 bits per heavy atom. The Bertz CT molecular complexity index is 1320. The maximum Gasteiger partial charge on any atom is 0.410 e. The van der Waals surface area contributed by atoms with E-state index in [2.05, 4.69) is 24.3 Å². The second-order valence-corrected chi connectivity index (χ2v) is 10.2. The summed E-state index contributed by atoms with van der Waals surface area (Å²) in [6, 6.07) is 22.1. The molecule has 182 valence electrons. The number of benzene rings is 3. The van der Waals surface area contributed by atoms with Crippen LogP contribution in [-0.2, 0) is 10.3 Å². The minimum atomic E-state index is -1.42. The van der Waals surface area contributed by atoms with Crippen LogP contribution in [0.2, 0.25) is 0 Å². The van der Waals surface area contributed by atoms with E-state index < -0.39 is 11.4 Å². The van der Waals surface area contributed by atoms with Gasteiger partial charge >= 0.3 is 6.09 Å². The molecule has 0 saturated carbocycles. The van der Waals surface area contributed by atoms with Gasteiger partial charge in [0.15, 0.2) is 0 Å². The van der Waals surface area contributed by atoms with Gasteiger partial charge in [-0.15, -0.1) is 0 Å². The number of carbonyl (C=O) groups excluding carboxylic acids is 1. The van der Waals surface area contributed by atoms with E-state index in [0.717, 1.165) is 30.4 Å². The fourth-order valence-electron chi connectivity index (χ4n) is 6.57. The van der Waals surface area contributed by atoms with Crippen molar-refractivity contribution in [3.8, 4) is 17.2 Å². The van der Waals surface area contributed by atoms with Gasteiger partial charge in [-0.25, -0.2) is 9.18 Å². The van der Waals surface area contributed by atoms with Crippen molar-refractivity contribution < 1.29 is 19.0 Å². The molecule has 3 aliphatic rings. The number of nitriles is 1. The monoisotopic (exact) mass is 482 g/mol. The second-order valence-electron chi connectivity index (χ2n) is 10.2. The molecule has 0 spiro atoms. The maximum absolute atomic E-state index is 14.7. The van der Waals surface area contributed by atoms with Crippen molar-refractivity contribution in [2.75, 3.05) is 6.61 Å². The van der Waals surface area contributed by atoms with Crippen molar-refractivity contribution in [2.24, 2.45) is 0 Å². The zero-order valence-corrected chi connectivity index (χ0v) is 19.9. The first-order chi connectivity index (χ1) is 17.5. The summed E-state index contributed by atoms with van der Waals surface area (Å²) in [5.41, 5.74) is 3.70. The number of ether oxygens (including phenoxy) is 1. The number of fused-ring (bicyclic) bond motifs is 5. The Morgan fingerprint density at radius 3 is 2.25 bits per heavy atom. The predicted molar refractivity (Wildman–Crippen MR) is 133 cm³/mol. The first-order valence-corrected chi connectivity index (χ1v) is 12.5. The van der Waals surface area contributed by atoms with Crippen LogP contribution in [0.4, 0.5) is 9.18 Å². The zero-order valence-electron chi connectivity index (χ0n) is 19.9. The Morgan fingerprint density at radius 1 is 1.03 bits per heavy atom. The number of aliphatic hydroxyl groups is 1. The molecule has 1 aliphatic carbocycles. The predicted octanol–water partition coefficient (Wildman–Crippen LogP) is 5.85. The highest BCUT2D eigenvalue weighted by Crippen LogP contribution is 2.47. The molecule has 36 heavy (non-hydrogen) atoms. The van der Waals surface area contributed by atoms with Crippen LogP contribution in [-0.4, -0.2) is 34.8 Å². The number of piperidine rings is 2. The molecule has 2 heterocycles. The van der Waals surface area contributed by atoms with E-state index in [4.69, 9.17) is 4.74 Å². The van der Waals surface area contributed by atoms with Gasteiger partial charge in [-0.05, 0) is 59.7 Å². The van der Waals surface area contributed by atoms with Gasteiger partial charge in [0.05, 0.1) is 17.2 Å². The van der Waals surface area contributed by atoms with E-state index in [9.17, 15) is 19.6 Å². The van der Waals surface area contributed by atoms with Crippen LogP contribution in [0.15, 0.2) is 66.7 Å². The van der Waals surface area contributed by atoms with Crippen LogP contribution in [0.1, 0.15) is 60.3 Å². The smallest absolute Gasteiger partial charge is 0.410 e. The third-order valence-electron chi connectivity index (χ3n) is 8.15. The third kappa shape index (κ3) is 3.66. The number of halogens is 1. The first kappa shape index (κ1) is 22.8. The van der Waals surface area contributed by atoms with E-state index in [-0.39, 0.29) is 49.1 Å². The minimum absolute atomic E-state index is 0.0225. The quantitative estimate of drug-likeness (QED) is 0.508. The minimum Gasteiger partial charge on any atom is -0.448 e. The summed E-state index contributed by atoms with van der Waals surface area (Å²) in [5.74, 6) is -0.546. The summed E-state index contributed by atoms with van der Waals surface area (Å²) in [6.45, 7) is 0.242. The van der Waals surface area contributed by atoms with E-state index in [1.807, 2.05) is 30.3 Å². The zero-order chi connectivity index (χ0) is 24.9. The van der Waals surface area contributed by atoms with E-state index in [1.54, 1.807) is 4.90 Å². The lowest BCUT2D eigenvalue weighted by atomic mass is 9.72. The van der Waals surface area contributed by atoms with Gasteiger partial charge in [-0.2, -0.15) is 5.26 Å². The third-order valence-corrected chi connectivity index (χ3v) is 8.15. The molecular formula is C30H27FN2O3. The number of nitrogens with zero attached hydrogens (tertiary/aromatic N) is 2. The van der Waals surface area contributed by atoms with Crippen molar-refractivity contribution in [1.29, 1.82) is 5.26 Å². The van der Waals surface area contributed by atoms with Crippen LogP contribution in [0.5, 0.6) is 0 Å². The molecule has 6 heteroatoms. The highest BCUT2D eigenvalue weighted by atomic mass is 19.1. The van der Waals surface area contributed by atoms with Crippen molar-refractivity contribution in [3.63, 3.8) is 0 Å². The number of hydrogen-bond donors (Lipinski definition) is 1. The molecule has 0 radical (unpaired) electrons. The number of rotatable bonds is 3. The SMILES string of the molecule is N#Cc1ccc(F)c(C2(O)CC3CCCC(C2)N3C(=O)OCC2c3ccccc3-c3ccccc32)c1. The van der Waals surface area contributed by atoms with Gasteiger partial charge in [0.1, 0.15) is 12.4 Å². The highest BCUT2D eigenvalue weighted by Gasteiger charge is 2.49. The van der Waals surface area contributed by atoms with Gasteiger partial charge < -0.3 is 14.7 Å². The van der Waals surface area contributed by atoms with Crippen LogP contribution >= 0.6 is 0 Å². The number of amides is 1. The lowest BCUT2D eigenvalue weighted by molar-refractivity contribution is -0.0906. The van der Waals surface area contributed by atoms with Gasteiger partial charge in [-0.1, -0.05) is 48.5 Å². The topological polar surface area (TPSA) is 73.6 Å². The molecule has 2 bridgehead atoms. The Balaban J connectivity index is 1.22. The molecule has 2 fully saturated rings. The van der Waals surface area contributed by atoms with Crippen LogP contribution < -0.4 is 0 Å². The molecular weight excluding hydrogens is 455 g/mol. The summed E-state index contributed by atoms with van der Waals surface area (Å²) < 4.78 is 20.7. The fourth-order valence-corrected chi connectivity index (χ4v) is 6.57. The van der Waals surface area contributed by atoms with Crippen molar-refractivity contribution in [2.45, 2.75) is 55.7 Å². The van der Waals surface area contributed by atoms with Crippen molar-refractivity contribution in [3.05, 3.63) is 94.8 Å². The molecule has 2 unspecified atom stereocenters. The van der Waals surface area contributed by atoms with Crippen LogP contribution in [0.25, 0.3) is 11.1 Å². The lowest BCUT2D eigenvalue weighted by Gasteiger charge is -2.51. The van der Waals surface area contributed by atoms with Gasteiger partial charge in [0, 0.05) is 36.4 Å². The molecule has 3 aromatic rings. The molecule has 2 saturated heterocycles. The lowest BCUT2D eigenvalue weighted by Crippen LogP contribution is -2.59. The molecule has 5 nitrogen and oxygen atoms in total. The van der Waals surface area contributed by atoms with E-state index in [1.165, 1.54) is 29.3 Å². The molecule has 2 atom stereocenters. The normalized spacial score (nSPS) is 24.5. The van der Waals surface area contributed by atoms with E-state index >= 15 is 0 Å². The highest BCUT2D eigenvalue weighted by molar-refractivity contribution is 5.79.